The molecule has 1 aromatic rings. The summed E-state index contributed by atoms with van der Waals surface area (Å²) in [7, 11) is -3.18. The maximum Gasteiger partial charge on any atom is 0.273 e. The second-order valence-electron chi connectivity index (χ2n) is 5.56. The van der Waals surface area contributed by atoms with E-state index in [9.17, 15) is 13.2 Å². The van der Waals surface area contributed by atoms with E-state index in [1.165, 1.54) is 6.08 Å². The van der Waals surface area contributed by atoms with E-state index in [4.69, 9.17) is 4.74 Å². The molecule has 8 nitrogen and oxygen atoms in total. The molecule has 1 amide bonds. The molecular weight excluding hydrogens is 308 g/mol. The van der Waals surface area contributed by atoms with Gasteiger partial charge in [0, 0.05) is 23.6 Å². The number of hydrogen-bond donors (Lipinski definition) is 1. The van der Waals surface area contributed by atoms with Crippen LogP contribution in [-0.4, -0.2) is 55.3 Å². The van der Waals surface area contributed by atoms with Crippen LogP contribution in [0, 0.1) is 5.41 Å². The summed E-state index contributed by atoms with van der Waals surface area (Å²) in [6, 6.07) is 0. The number of nitrogens with one attached hydrogen (secondary N) is 1. The van der Waals surface area contributed by atoms with E-state index in [2.05, 4.69) is 22.6 Å². The minimum atomic E-state index is -3.18. The summed E-state index contributed by atoms with van der Waals surface area (Å²) in [5.41, 5.74) is 0.291. The zero-order valence-electron chi connectivity index (χ0n) is 12.7. The summed E-state index contributed by atoms with van der Waals surface area (Å²) in [6.07, 6.45) is 5.02. The zero-order chi connectivity index (χ0) is 16.2. The number of carbonyl (C=O) groups excluding carboxylic acids is 1. The van der Waals surface area contributed by atoms with E-state index in [1.54, 1.807) is 10.9 Å². The lowest BCUT2D eigenvalue weighted by Gasteiger charge is -2.40. The van der Waals surface area contributed by atoms with E-state index in [0.717, 1.165) is 18.1 Å². The molecule has 1 fully saturated rings. The molecule has 0 atom stereocenters. The first-order valence-electron chi connectivity index (χ1n) is 6.96. The Morgan fingerprint density at radius 3 is 2.82 bits per heavy atom. The topological polar surface area (TPSA) is 103 Å². The Bertz CT molecular complexity index is 656. The summed E-state index contributed by atoms with van der Waals surface area (Å²) >= 11 is 0. The van der Waals surface area contributed by atoms with Gasteiger partial charge in [0.1, 0.15) is 0 Å². The lowest BCUT2D eigenvalue weighted by Crippen LogP contribution is -2.45. The van der Waals surface area contributed by atoms with E-state index >= 15 is 0 Å². The van der Waals surface area contributed by atoms with Crippen molar-refractivity contribution >= 4 is 15.7 Å². The quantitative estimate of drug-likeness (QED) is 0.755. The first-order chi connectivity index (χ1) is 10.3. The fourth-order valence-electron chi connectivity index (χ4n) is 2.09. The molecule has 2 heterocycles. The first kappa shape index (κ1) is 16.6. The second kappa shape index (κ2) is 6.57. The van der Waals surface area contributed by atoms with Gasteiger partial charge in [0.2, 0.25) is 0 Å². The highest BCUT2D eigenvalue weighted by Gasteiger charge is 2.37. The number of amides is 1. The van der Waals surface area contributed by atoms with Crippen LogP contribution in [0.5, 0.6) is 0 Å². The molecule has 1 aliphatic heterocycles. The van der Waals surface area contributed by atoms with Crippen LogP contribution in [-0.2, 0) is 21.1 Å². The molecule has 1 N–H and O–H groups in total. The average molecular weight is 328 g/mol. The standard InChI is InChI=1S/C13H20N4O4S/c1-3-13(9-21-10-13)8-17-7-11(15-16-17)12(18)14-5-4-6-22(2,19)20/h4,6-7H,3,5,8-10H2,1-2H3,(H,14,18)/b6-4+. The monoisotopic (exact) mass is 328 g/mol. The van der Waals surface area contributed by atoms with Gasteiger partial charge in [0.05, 0.1) is 26.0 Å². The van der Waals surface area contributed by atoms with Crippen molar-refractivity contribution in [2.45, 2.75) is 19.9 Å². The summed E-state index contributed by atoms with van der Waals surface area (Å²) in [6.45, 7) is 4.27. The third-order valence-electron chi connectivity index (χ3n) is 3.56. The molecule has 0 unspecified atom stereocenters. The third kappa shape index (κ3) is 4.38. The summed E-state index contributed by atoms with van der Waals surface area (Å²) in [5.74, 6) is -0.389. The first-order valence-corrected chi connectivity index (χ1v) is 8.92. The molecule has 1 aromatic heterocycles. The molecule has 1 aliphatic rings. The maximum atomic E-state index is 11.9. The highest BCUT2D eigenvalue weighted by atomic mass is 32.2. The number of nitrogens with zero attached hydrogens (tertiary/aromatic N) is 3. The number of hydrogen-bond acceptors (Lipinski definition) is 6. The minimum absolute atomic E-state index is 0.0830. The van der Waals surface area contributed by atoms with Gasteiger partial charge in [-0.05, 0) is 6.42 Å². The Hall–Kier alpha value is -1.74. The molecule has 122 valence electrons. The lowest BCUT2D eigenvalue weighted by molar-refractivity contribution is -0.125. The van der Waals surface area contributed by atoms with Crippen molar-refractivity contribution in [1.82, 2.24) is 20.3 Å². The fraction of sp³-hybridized carbons (Fsp3) is 0.615. The smallest absolute Gasteiger partial charge is 0.273 e. The van der Waals surface area contributed by atoms with Crippen molar-refractivity contribution in [2.75, 3.05) is 26.0 Å². The van der Waals surface area contributed by atoms with Crippen molar-refractivity contribution in [3.05, 3.63) is 23.4 Å². The van der Waals surface area contributed by atoms with Crippen molar-refractivity contribution in [3.8, 4) is 0 Å². The highest BCUT2D eigenvalue weighted by Crippen LogP contribution is 2.32. The number of carbonyl (C=O) groups is 1. The van der Waals surface area contributed by atoms with Crippen molar-refractivity contribution in [3.63, 3.8) is 0 Å². The van der Waals surface area contributed by atoms with E-state index in [-0.39, 0.29) is 23.6 Å². The molecule has 0 bridgehead atoms. The Morgan fingerprint density at radius 2 is 2.27 bits per heavy atom. The number of aromatic nitrogens is 3. The van der Waals surface area contributed by atoms with Crippen LogP contribution in [0.3, 0.4) is 0 Å². The molecule has 0 saturated carbocycles. The molecule has 2 rings (SSSR count). The number of sulfone groups is 1. The van der Waals surface area contributed by atoms with Gasteiger partial charge in [-0.2, -0.15) is 0 Å². The summed E-state index contributed by atoms with van der Waals surface area (Å²) in [5, 5.41) is 11.4. The van der Waals surface area contributed by atoms with Crippen molar-refractivity contribution < 1.29 is 17.9 Å². The second-order valence-corrected chi connectivity index (χ2v) is 7.49. The number of ether oxygens (including phenoxy) is 1. The average Bonchev–Trinajstić information content (AvgIpc) is 2.86. The molecule has 0 aromatic carbocycles. The third-order valence-corrected chi connectivity index (χ3v) is 4.25. The fourth-order valence-corrected chi connectivity index (χ4v) is 2.53. The Morgan fingerprint density at radius 1 is 1.55 bits per heavy atom. The lowest BCUT2D eigenvalue weighted by atomic mass is 9.83. The van der Waals surface area contributed by atoms with E-state index < -0.39 is 9.84 Å². The molecular formula is C13H20N4O4S. The minimum Gasteiger partial charge on any atom is -0.380 e. The Balaban J connectivity index is 1.88. The predicted octanol–water partition coefficient (Wildman–Crippen LogP) is -0.00720. The van der Waals surface area contributed by atoms with Crippen molar-refractivity contribution in [2.24, 2.45) is 5.41 Å². The van der Waals surface area contributed by atoms with Gasteiger partial charge in [-0.15, -0.1) is 5.10 Å². The molecule has 0 radical (unpaired) electrons. The Kier molecular flexibility index (Phi) is 4.97. The molecule has 22 heavy (non-hydrogen) atoms. The van der Waals surface area contributed by atoms with Gasteiger partial charge < -0.3 is 10.1 Å². The van der Waals surface area contributed by atoms with Crippen LogP contribution < -0.4 is 5.32 Å². The van der Waals surface area contributed by atoms with Crippen LogP contribution in [0.2, 0.25) is 0 Å². The largest absolute Gasteiger partial charge is 0.380 e. The summed E-state index contributed by atoms with van der Waals surface area (Å²) < 4.78 is 28.7. The van der Waals surface area contributed by atoms with Crippen LogP contribution >= 0.6 is 0 Å². The molecule has 0 spiro atoms. The van der Waals surface area contributed by atoms with E-state index in [0.29, 0.717) is 19.8 Å². The maximum absolute atomic E-state index is 11.9. The molecule has 1 saturated heterocycles. The summed E-state index contributed by atoms with van der Waals surface area (Å²) in [4.78, 5) is 11.9. The van der Waals surface area contributed by atoms with Gasteiger partial charge in [-0.25, -0.2) is 8.42 Å². The van der Waals surface area contributed by atoms with Crippen LogP contribution in [0.4, 0.5) is 0 Å². The van der Waals surface area contributed by atoms with Gasteiger partial charge in [-0.3, -0.25) is 9.48 Å². The SMILES string of the molecule is CCC1(Cn2cc(C(=O)NC/C=C/S(C)(=O)=O)nn2)COC1. The van der Waals surface area contributed by atoms with Crippen LogP contribution in [0.1, 0.15) is 23.8 Å². The molecule has 9 heteroatoms. The Labute approximate surface area is 129 Å². The predicted molar refractivity (Wildman–Crippen MR) is 79.9 cm³/mol. The van der Waals surface area contributed by atoms with Crippen LogP contribution in [0.25, 0.3) is 0 Å². The number of rotatable bonds is 7. The van der Waals surface area contributed by atoms with Gasteiger partial charge in [0.25, 0.3) is 5.91 Å². The highest BCUT2D eigenvalue weighted by molar-refractivity contribution is 7.93. The van der Waals surface area contributed by atoms with Crippen LogP contribution in [0.15, 0.2) is 17.7 Å². The van der Waals surface area contributed by atoms with E-state index in [1.807, 2.05) is 0 Å². The normalized spacial score (nSPS) is 17.4. The zero-order valence-corrected chi connectivity index (χ0v) is 13.5. The van der Waals surface area contributed by atoms with Gasteiger partial charge in [0.15, 0.2) is 15.5 Å². The van der Waals surface area contributed by atoms with Crippen molar-refractivity contribution in [1.29, 1.82) is 0 Å². The van der Waals surface area contributed by atoms with Gasteiger partial charge >= 0.3 is 0 Å². The molecule has 0 aliphatic carbocycles. The van der Waals surface area contributed by atoms with Gasteiger partial charge in [-0.1, -0.05) is 18.2 Å².